The Bertz CT molecular complexity index is 668. The lowest BCUT2D eigenvalue weighted by molar-refractivity contribution is -0.137. The van der Waals surface area contributed by atoms with Crippen LogP contribution in [0.15, 0.2) is 42.5 Å². The molecule has 0 radical (unpaired) electrons. The number of rotatable bonds is 6. The fourth-order valence-electron chi connectivity index (χ4n) is 2.28. The Kier molecular flexibility index (Phi) is 6.24. The summed E-state index contributed by atoms with van der Waals surface area (Å²) in [6.07, 6.45) is -2.76. The van der Waals surface area contributed by atoms with Crippen molar-refractivity contribution in [2.24, 2.45) is 0 Å². The monoisotopic (exact) mass is 359 g/mol. The van der Waals surface area contributed by atoms with Gasteiger partial charge in [0.2, 0.25) is 0 Å². The zero-order chi connectivity index (χ0) is 17.7. The smallest absolute Gasteiger partial charge is 0.310 e. The van der Waals surface area contributed by atoms with E-state index < -0.39 is 17.6 Å². The van der Waals surface area contributed by atoms with Crippen LogP contribution in [0, 0.1) is 5.82 Å². The summed E-state index contributed by atoms with van der Waals surface area (Å²) in [5, 5.41) is 3.37. The molecule has 2 aromatic carbocycles. The quantitative estimate of drug-likeness (QED) is 0.661. The normalized spacial score (nSPS) is 13.1. The van der Waals surface area contributed by atoms with Crippen molar-refractivity contribution in [1.82, 2.24) is 5.32 Å². The minimum Gasteiger partial charge on any atom is -0.310 e. The van der Waals surface area contributed by atoms with E-state index in [2.05, 4.69) is 5.32 Å². The van der Waals surface area contributed by atoms with Crippen LogP contribution in [0.1, 0.15) is 30.0 Å². The van der Waals surface area contributed by atoms with Gasteiger partial charge in [0.25, 0.3) is 0 Å². The van der Waals surface area contributed by atoms with E-state index in [-0.39, 0.29) is 11.1 Å². The van der Waals surface area contributed by atoms with Crippen LogP contribution in [0.5, 0.6) is 0 Å². The van der Waals surface area contributed by atoms with E-state index in [1.165, 1.54) is 18.2 Å². The van der Waals surface area contributed by atoms with Gasteiger partial charge in [0.15, 0.2) is 0 Å². The second kappa shape index (κ2) is 7.99. The topological polar surface area (TPSA) is 12.0 Å². The molecule has 2 rings (SSSR count). The first-order chi connectivity index (χ1) is 11.3. The second-order valence-corrected chi connectivity index (χ2v) is 6.17. The molecule has 0 saturated carbocycles. The van der Waals surface area contributed by atoms with E-state index in [4.69, 9.17) is 11.6 Å². The molecule has 0 aliphatic heterocycles. The van der Waals surface area contributed by atoms with Gasteiger partial charge in [0.05, 0.1) is 10.6 Å². The third-order valence-electron chi connectivity index (χ3n) is 3.79. The van der Waals surface area contributed by atoms with Gasteiger partial charge in [-0.2, -0.15) is 13.2 Å². The maximum atomic E-state index is 13.1. The van der Waals surface area contributed by atoms with Crippen LogP contribution in [-0.4, -0.2) is 6.04 Å². The second-order valence-electron chi connectivity index (χ2n) is 5.76. The van der Waals surface area contributed by atoms with Gasteiger partial charge in [-0.1, -0.05) is 29.8 Å². The molecule has 0 saturated heterocycles. The fourth-order valence-corrected chi connectivity index (χ4v) is 2.49. The Morgan fingerprint density at radius 1 is 1.04 bits per heavy atom. The summed E-state index contributed by atoms with van der Waals surface area (Å²) in [4.78, 5) is 0. The van der Waals surface area contributed by atoms with Crippen LogP contribution < -0.4 is 5.32 Å². The summed E-state index contributed by atoms with van der Waals surface area (Å²) in [7, 11) is 0. The molecule has 1 nitrogen and oxygen atoms in total. The molecule has 6 heteroatoms. The summed E-state index contributed by atoms with van der Waals surface area (Å²) in [6.45, 7) is 2.48. The van der Waals surface area contributed by atoms with Gasteiger partial charge in [0, 0.05) is 12.6 Å². The van der Waals surface area contributed by atoms with Gasteiger partial charge in [-0.25, -0.2) is 4.39 Å². The Morgan fingerprint density at radius 3 is 2.25 bits per heavy atom. The van der Waals surface area contributed by atoms with Crippen molar-refractivity contribution in [2.75, 3.05) is 0 Å². The average molecular weight is 360 g/mol. The molecule has 130 valence electrons. The number of hydrogen-bond acceptors (Lipinski definition) is 1. The molecular weight excluding hydrogens is 342 g/mol. The van der Waals surface area contributed by atoms with Gasteiger partial charge in [-0.05, 0) is 55.2 Å². The molecule has 1 N–H and O–H groups in total. The maximum Gasteiger partial charge on any atom is 0.416 e. The van der Waals surface area contributed by atoms with Crippen LogP contribution in [0.2, 0.25) is 5.02 Å². The molecular formula is C18H18ClF4N. The lowest BCUT2D eigenvalue weighted by atomic mass is 10.1. The van der Waals surface area contributed by atoms with Crippen LogP contribution in [-0.2, 0) is 19.1 Å². The molecule has 0 heterocycles. The highest BCUT2D eigenvalue weighted by atomic mass is 35.5. The number of alkyl halides is 3. The van der Waals surface area contributed by atoms with Gasteiger partial charge >= 0.3 is 6.18 Å². The van der Waals surface area contributed by atoms with E-state index in [0.717, 1.165) is 36.1 Å². The number of hydrogen-bond donors (Lipinski definition) is 1. The summed E-state index contributed by atoms with van der Waals surface area (Å²) in [6, 6.07) is 9.94. The van der Waals surface area contributed by atoms with Crippen LogP contribution >= 0.6 is 11.6 Å². The molecule has 0 fully saturated rings. The molecule has 0 spiro atoms. The van der Waals surface area contributed by atoms with Crippen molar-refractivity contribution in [3.05, 3.63) is 70.0 Å². The summed E-state index contributed by atoms with van der Waals surface area (Å²) < 4.78 is 50.6. The molecule has 24 heavy (non-hydrogen) atoms. The molecule has 2 aromatic rings. The summed E-state index contributed by atoms with van der Waals surface area (Å²) in [5.74, 6) is -0.436. The molecule has 0 aliphatic rings. The SMILES string of the molecule is CC(CCc1ccc(F)c(Cl)c1)NCc1ccc(C(F)(F)F)cc1. The number of benzene rings is 2. The zero-order valence-corrected chi connectivity index (χ0v) is 13.9. The van der Waals surface area contributed by atoms with Gasteiger partial charge in [0.1, 0.15) is 5.82 Å². The zero-order valence-electron chi connectivity index (χ0n) is 13.1. The van der Waals surface area contributed by atoms with Crippen molar-refractivity contribution in [3.8, 4) is 0 Å². The van der Waals surface area contributed by atoms with Crippen molar-refractivity contribution in [3.63, 3.8) is 0 Å². The predicted molar refractivity (Wildman–Crippen MR) is 87.5 cm³/mol. The molecule has 0 bridgehead atoms. The fraction of sp³-hybridized carbons (Fsp3) is 0.333. The van der Waals surface area contributed by atoms with Gasteiger partial charge < -0.3 is 5.32 Å². The highest BCUT2D eigenvalue weighted by Crippen LogP contribution is 2.29. The predicted octanol–water partition coefficient (Wildman–Crippen LogP) is 5.61. The number of aryl methyl sites for hydroxylation is 1. The summed E-state index contributed by atoms with van der Waals surface area (Å²) >= 11 is 5.74. The van der Waals surface area contributed by atoms with Crippen molar-refractivity contribution < 1.29 is 17.6 Å². The van der Waals surface area contributed by atoms with Gasteiger partial charge in [-0.15, -0.1) is 0 Å². The first-order valence-electron chi connectivity index (χ1n) is 7.59. The van der Waals surface area contributed by atoms with E-state index in [1.807, 2.05) is 6.92 Å². The maximum absolute atomic E-state index is 13.1. The molecule has 1 unspecified atom stereocenters. The van der Waals surface area contributed by atoms with Crippen molar-refractivity contribution in [1.29, 1.82) is 0 Å². The van der Waals surface area contributed by atoms with E-state index in [9.17, 15) is 17.6 Å². The lowest BCUT2D eigenvalue weighted by Gasteiger charge is -2.14. The highest BCUT2D eigenvalue weighted by molar-refractivity contribution is 6.30. The molecule has 0 aliphatic carbocycles. The largest absolute Gasteiger partial charge is 0.416 e. The van der Waals surface area contributed by atoms with Crippen LogP contribution in [0.4, 0.5) is 17.6 Å². The number of nitrogens with one attached hydrogen (secondary N) is 1. The third kappa shape index (κ3) is 5.49. The Morgan fingerprint density at radius 2 is 1.67 bits per heavy atom. The lowest BCUT2D eigenvalue weighted by Crippen LogP contribution is -2.26. The molecule has 0 aromatic heterocycles. The van der Waals surface area contributed by atoms with E-state index >= 15 is 0 Å². The van der Waals surface area contributed by atoms with Crippen molar-refractivity contribution >= 4 is 11.6 Å². The third-order valence-corrected chi connectivity index (χ3v) is 4.08. The standard InChI is InChI=1S/C18H18ClF4N/c1-12(2-3-13-6-9-17(20)16(19)10-13)24-11-14-4-7-15(8-5-14)18(21,22)23/h4-10,12,24H,2-3,11H2,1H3. The summed E-state index contributed by atoms with van der Waals surface area (Å²) in [5.41, 5.74) is 1.09. The average Bonchev–Trinajstić information content (AvgIpc) is 2.53. The Hall–Kier alpha value is -1.59. The van der Waals surface area contributed by atoms with E-state index in [1.54, 1.807) is 12.1 Å². The van der Waals surface area contributed by atoms with Crippen LogP contribution in [0.25, 0.3) is 0 Å². The molecule has 1 atom stereocenters. The van der Waals surface area contributed by atoms with Crippen molar-refractivity contribution in [2.45, 2.75) is 38.5 Å². The number of halogens is 5. The van der Waals surface area contributed by atoms with Gasteiger partial charge in [-0.3, -0.25) is 0 Å². The minimum absolute atomic E-state index is 0.109. The van der Waals surface area contributed by atoms with Crippen LogP contribution in [0.3, 0.4) is 0 Å². The Balaban J connectivity index is 1.80. The molecule has 0 amide bonds. The highest BCUT2D eigenvalue weighted by Gasteiger charge is 2.29. The first-order valence-corrected chi connectivity index (χ1v) is 7.97. The first kappa shape index (κ1) is 18.7. The van der Waals surface area contributed by atoms with E-state index in [0.29, 0.717) is 6.54 Å². The minimum atomic E-state index is -4.31. The Labute approximate surface area is 143 Å².